The fraction of sp³-hybridized carbons (Fsp3) is 0.643. The van der Waals surface area contributed by atoms with Gasteiger partial charge in [-0.25, -0.2) is 9.97 Å². The summed E-state index contributed by atoms with van der Waals surface area (Å²) in [5, 5.41) is 0. The van der Waals surface area contributed by atoms with Crippen molar-refractivity contribution < 1.29 is 4.79 Å². The SMILES string of the molecule is CC.CC.CC.CCc1ncncc1C(C)=O. The third-order valence-electron chi connectivity index (χ3n) is 1.51. The Morgan fingerprint density at radius 3 is 1.88 bits per heavy atom. The molecule has 0 aliphatic rings. The van der Waals surface area contributed by atoms with Gasteiger partial charge in [-0.15, -0.1) is 0 Å². The highest BCUT2D eigenvalue weighted by Crippen LogP contribution is 2.04. The van der Waals surface area contributed by atoms with Gasteiger partial charge in [0.1, 0.15) is 6.33 Å². The Labute approximate surface area is 107 Å². The molecule has 3 nitrogen and oxygen atoms in total. The maximum absolute atomic E-state index is 10.9. The Bertz CT molecular complexity index is 273. The molecule has 0 spiro atoms. The lowest BCUT2D eigenvalue weighted by Crippen LogP contribution is -2.01. The van der Waals surface area contributed by atoms with Gasteiger partial charge in [-0.1, -0.05) is 48.5 Å². The van der Waals surface area contributed by atoms with Gasteiger partial charge < -0.3 is 0 Å². The molecule has 17 heavy (non-hydrogen) atoms. The molecule has 0 N–H and O–H groups in total. The molecule has 1 aromatic rings. The van der Waals surface area contributed by atoms with Crippen LogP contribution in [0.4, 0.5) is 0 Å². The summed E-state index contributed by atoms with van der Waals surface area (Å²) >= 11 is 0. The Morgan fingerprint density at radius 1 is 1.12 bits per heavy atom. The second kappa shape index (κ2) is 17.2. The summed E-state index contributed by atoms with van der Waals surface area (Å²) in [5.41, 5.74) is 1.46. The molecule has 0 saturated heterocycles. The Hall–Kier alpha value is -1.25. The minimum atomic E-state index is 0.0300. The van der Waals surface area contributed by atoms with E-state index in [0.29, 0.717) is 5.56 Å². The summed E-state index contributed by atoms with van der Waals surface area (Å²) < 4.78 is 0. The molecule has 0 atom stereocenters. The number of nitrogens with zero attached hydrogens (tertiary/aromatic N) is 2. The molecule has 1 rings (SSSR count). The summed E-state index contributed by atoms with van der Waals surface area (Å²) in [5.74, 6) is 0.0300. The van der Waals surface area contributed by atoms with Crippen LogP contribution in [0.2, 0.25) is 0 Å². The zero-order valence-electron chi connectivity index (χ0n) is 12.7. The minimum absolute atomic E-state index is 0.0300. The van der Waals surface area contributed by atoms with E-state index in [0.717, 1.165) is 12.1 Å². The first-order valence-electron chi connectivity index (χ1n) is 6.55. The van der Waals surface area contributed by atoms with Crippen molar-refractivity contribution in [3.63, 3.8) is 0 Å². The lowest BCUT2D eigenvalue weighted by atomic mass is 10.1. The average molecular weight is 240 g/mol. The van der Waals surface area contributed by atoms with Crippen molar-refractivity contribution in [2.24, 2.45) is 0 Å². The van der Waals surface area contributed by atoms with Crippen LogP contribution in [0.3, 0.4) is 0 Å². The minimum Gasteiger partial charge on any atom is -0.294 e. The molecule has 0 bridgehead atoms. The summed E-state index contributed by atoms with van der Waals surface area (Å²) in [6, 6.07) is 0. The van der Waals surface area contributed by atoms with E-state index in [1.807, 2.05) is 48.5 Å². The Kier molecular flexibility index (Phi) is 21.3. The number of ketones is 1. The molecule has 0 aliphatic carbocycles. The molecule has 0 aromatic carbocycles. The number of aromatic nitrogens is 2. The zero-order valence-corrected chi connectivity index (χ0v) is 12.7. The maximum Gasteiger partial charge on any atom is 0.163 e. The molecule has 0 fully saturated rings. The average Bonchev–Trinajstić information content (AvgIpc) is 2.45. The van der Waals surface area contributed by atoms with E-state index < -0.39 is 0 Å². The second-order valence-corrected chi connectivity index (χ2v) is 2.29. The molecule has 1 aromatic heterocycles. The summed E-state index contributed by atoms with van der Waals surface area (Å²) in [4.78, 5) is 18.7. The molecular formula is C14H28N2O. The first-order chi connectivity index (χ1) is 8.25. The van der Waals surface area contributed by atoms with E-state index in [9.17, 15) is 4.79 Å². The highest BCUT2D eigenvalue weighted by atomic mass is 16.1. The highest BCUT2D eigenvalue weighted by molar-refractivity contribution is 5.94. The summed E-state index contributed by atoms with van der Waals surface area (Å²) in [7, 11) is 0. The van der Waals surface area contributed by atoms with Crippen molar-refractivity contribution in [2.75, 3.05) is 0 Å². The van der Waals surface area contributed by atoms with E-state index >= 15 is 0 Å². The number of carbonyl (C=O) groups is 1. The number of carbonyl (C=O) groups excluding carboxylic acids is 1. The quantitative estimate of drug-likeness (QED) is 0.723. The van der Waals surface area contributed by atoms with Gasteiger partial charge in [0.05, 0.1) is 11.3 Å². The fourth-order valence-electron chi connectivity index (χ4n) is 0.931. The van der Waals surface area contributed by atoms with Crippen LogP contribution in [0.1, 0.15) is 71.4 Å². The molecular weight excluding hydrogens is 212 g/mol. The molecule has 0 saturated carbocycles. The third kappa shape index (κ3) is 9.67. The number of rotatable bonds is 2. The normalized spacial score (nSPS) is 7.29. The van der Waals surface area contributed by atoms with Crippen LogP contribution in [0, 0.1) is 0 Å². The summed E-state index contributed by atoms with van der Waals surface area (Å²) in [6.45, 7) is 15.5. The first kappa shape index (κ1) is 21.1. The molecule has 3 heteroatoms. The van der Waals surface area contributed by atoms with E-state index in [1.54, 1.807) is 6.20 Å². The molecule has 1 heterocycles. The molecule has 100 valence electrons. The monoisotopic (exact) mass is 240 g/mol. The van der Waals surface area contributed by atoms with Gasteiger partial charge in [0.2, 0.25) is 0 Å². The molecule has 0 unspecified atom stereocenters. The van der Waals surface area contributed by atoms with Gasteiger partial charge in [0.15, 0.2) is 5.78 Å². The first-order valence-corrected chi connectivity index (χ1v) is 6.55. The predicted molar refractivity (Wildman–Crippen MR) is 75.5 cm³/mol. The maximum atomic E-state index is 10.9. The van der Waals surface area contributed by atoms with Crippen molar-refractivity contribution in [2.45, 2.75) is 61.8 Å². The van der Waals surface area contributed by atoms with Crippen LogP contribution in [-0.2, 0) is 6.42 Å². The van der Waals surface area contributed by atoms with Crippen molar-refractivity contribution in [1.82, 2.24) is 9.97 Å². The van der Waals surface area contributed by atoms with Gasteiger partial charge in [0.25, 0.3) is 0 Å². The van der Waals surface area contributed by atoms with Gasteiger partial charge in [-0.3, -0.25) is 4.79 Å². The van der Waals surface area contributed by atoms with Crippen molar-refractivity contribution in [3.05, 3.63) is 23.8 Å². The van der Waals surface area contributed by atoms with E-state index in [4.69, 9.17) is 0 Å². The van der Waals surface area contributed by atoms with Crippen LogP contribution in [0.25, 0.3) is 0 Å². The van der Waals surface area contributed by atoms with E-state index in [-0.39, 0.29) is 5.78 Å². The molecule has 0 amide bonds. The van der Waals surface area contributed by atoms with Gasteiger partial charge >= 0.3 is 0 Å². The van der Waals surface area contributed by atoms with E-state index in [1.165, 1.54) is 13.3 Å². The topological polar surface area (TPSA) is 42.9 Å². The van der Waals surface area contributed by atoms with Gasteiger partial charge in [-0.05, 0) is 13.3 Å². The zero-order chi connectivity index (χ0) is 14.3. The summed E-state index contributed by atoms with van der Waals surface area (Å²) in [6.07, 6.45) is 3.80. The van der Waals surface area contributed by atoms with Crippen molar-refractivity contribution in [3.8, 4) is 0 Å². The fourth-order valence-corrected chi connectivity index (χ4v) is 0.931. The predicted octanol–water partition coefficient (Wildman–Crippen LogP) is 4.32. The number of hydrogen-bond acceptors (Lipinski definition) is 3. The van der Waals surface area contributed by atoms with Crippen LogP contribution >= 0.6 is 0 Å². The third-order valence-corrected chi connectivity index (χ3v) is 1.51. The van der Waals surface area contributed by atoms with Crippen LogP contribution < -0.4 is 0 Å². The Balaban J connectivity index is -0.000000285. The van der Waals surface area contributed by atoms with Crippen molar-refractivity contribution >= 4 is 5.78 Å². The van der Waals surface area contributed by atoms with Gasteiger partial charge in [-0.2, -0.15) is 0 Å². The lowest BCUT2D eigenvalue weighted by Gasteiger charge is -1.99. The largest absolute Gasteiger partial charge is 0.294 e. The Morgan fingerprint density at radius 2 is 1.59 bits per heavy atom. The second-order valence-electron chi connectivity index (χ2n) is 2.29. The van der Waals surface area contributed by atoms with Crippen LogP contribution in [0.15, 0.2) is 12.5 Å². The van der Waals surface area contributed by atoms with E-state index in [2.05, 4.69) is 9.97 Å². The van der Waals surface area contributed by atoms with Crippen LogP contribution in [0.5, 0.6) is 0 Å². The van der Waals surface area contributed by atoms with Crippen LogP contribution in [-0.4, -0.2) is 15.8 Å². The number of aryl methyl sites for hydroxylation is 1. The smallest absolute Gasteiger partial charge is 0.163 e. The van der Waals surface area contributed by atoms with Crippen molar-refractivity contribution in [1.29, 1.82) is 0 Å². The number of hydrogen-bond donors (Lipinski definition) is 0. The molecule has 0 aliphatic heterocycles. The standard InChI is InChI=1S/C8H10N2O.3C2H6/c1-3-8-7(6(2)11)4-9-5-10-8;3*1-2/h4-5H,3H2,1-2H3;3*1-2H3. The molecule has 0 radical (unpaired) electrons. The van der Waals surface area contributed by atoms with Gasteiger partial charge in [0, 0.05) is 6.20 Å². The number of Topliss-reactive ketones (excluding diaryl/α,β-unsaturated/α-hetero) is 1. The lowest BCUT2D eigenvalue weighted by molar-refractivity contribution is 0.101. The highest BCUT2D eigenvalue weighted by Gasteiger charge is 2.05.